The number of unbranched alkanes of at least 4 members (excludes halogenated alkanes) is 27. The average Bonchev–Trinajstić information content (AvgIpc) is 3.22. The van der Waals surface area contributed by atoms with Crippen LogP contribution >= 0.6 is 7.82 Å². The molecule has 14 heteroatoms. The first-order chi connectivity index (χ1) is 28.8. The molecule has 0 aromatic carbocycles. The molecule has 1 aliphatic carbocycles. The lowest BCUT2D eigenvalue weighted by molar-refractivity contribution is -0.220. The molecule has 8 unspecified atom stereocenters. The van der Waals surface area contributed by atoms with Crippen molar-refractivity contribution in [3.63, 3.8) is 0 Å². The number of nitrogens with one attached hydrogen (secondary N) is 1. The molecule has 0 saturated heterocycles. The van der Waals surface area contributed by atoms with Gasteiger partial charge in [-0.1, -0.05) is 199 Å². The fourth-order valence-corrected chi connectivity index (χ4v) is 8.86. The number of aliphatic hydroxyl groups is 7. The molecular formula is C46H90NO12P. The van der Waals surface area contributed by atoms with E-state index >= 15 is 0 Å². The first kappa shape index (κ1) is 57.1. The van der Waals surface area contributed by atoms with Gasteiger partial charge in [-0.3, -0.25) is 13.8 Å². The minimum atomic E-state index is -5.14. The molecule has 0 spiro atoms. The van der Waals surface area contributed by atoms with Crippen molar-refractivity contribution in [3.05, 3.63) is 12.2 Å². The molecule has 1 aliphatic rings. The molecule has 0 heterocycles. The van der Waals surface area contributed by atoms with Crippen molar-refractivity contribution >= 4 is 13.7 Å². The second-order valence-corrected chi connectivity index (χ2v) is 18.9. The quantitative estimate of drug-likeness (QED) is 0.0161. The summed E-state index contributed by atoms with van der Waals surface area (Å²) in [6, 6.07) is -1.23. The van der Waals surface area contributed by atoms with E-state index in [0.29, 0.717) is 12.8 Å². The van der Waals surface area contributed by atoms with Gasteiger partial charge in [-0.15, -0.1) is 0 Å². The molecule has 0 aromatic rings. The Balaban J connectivity index is 2.53. The lowest BCUT2D eigenvalue weighted by Gasteiger charge is -2.41. The second-order valence-electron chi connectivity index (χ2n) is 17.5. The zero-order valence-electron chi connectivity index (χ0n) is 37.6. The number of amides is 1. The van der Waals surface area contributed by atoms with Crippen molar-refractivity contribution in [1.82, 2.24) is 5.32 Å². The highest BCUT2D eigenvalue weighted by atomic mass is 31.2. The number of aliphatic hydroxyl groups excluding tert-OH is 7. The second kappa shape index (κ2) is 36.4. The summed E-state index contributed by atoms with van der Waals surface area (Å²) in [4.78, 5) is 23.4. The van der Waals surface area contributed by atoms with E-state index in [1.54, 1.807) is 6.08 Å². The average molecular weight is 880 g/mol. The fraction of sp³-hybridized carbons (Fsp3) is 0.935. The Morgan fingerprint density at radius 2 is 0.950 bits per heavy atom. The highest BCUT2D eigenvalue weighted by molar-refractivity contribution is 7.47. The molecule has 8 atom stereocenters. The SMILES string of the molecule is CCCCCCCCCCCCCCC/C=C/C(O)C(COP(=O)(O)OC1C(O)C(O)C(O)C(O)C1O)NC(=O)CC(O)CCCCCCCCCCCCCCCCC. The largest absolute Gasteiger partial charge is 0.472 e. The van der Waals surface area contributed by atoms with Gasteiger partial charge in [-0.25, -0.2) is 4.57 Å². The van der Waals surface area contributed by atoms with Crippen LogP contribution < -0.4 is 5.32 Å². The molecule has 13 nitrogen and oxygen atoms in total. The van der Waals surface area contributed by atoms with Gasteiger partial charge in [0, 0.05) is 0 Å². The standard InChI is InChI=1S/C46H90NO12P/c1-3-5-7-9-11-13-15-17-19-21-23-25-27-29-31-33-37(48)35-40(50)47-38(36-58-60(56,57)59-46-44(54)42(52)41(51)43(53)45(46)55)39(49)34-32-30-28-26-24-22-20-18-16-14-12-10-8-6-4-2/h32,34,37-39,41-46,48-49,51-55H,3-31,33,35-36H2,1-2H3,(H,47,50)(H,56,57)/b34-32+. The number of phosphoric acid groups is 1. The lowest BCUT2D eigenvalue weighted by atomic mass is 9.85. The van der Waals surface area contributed by atoms with Crippen molar-refractivity contribution in [2.75, 3.05) is 6.61 Å². The topological polar surface area (TPSA) is 226 Å². The van der Waals surface area contributed by atoms with Gasteiger partial charge in [-0.2, -0.15) is 0 Å². The Kier molecular flexibility index (Phi) is 34.6. The zero-order valence-corrected chi connectivity index (χ0v) is 38.5. The van der Waals surface area contributed by atoms with Crippen molar-refractivity contribution in [2.45, 2.75) is 268 Å². The van der Waals surface area contributed by atoms with Gasteiger partial charge >= 0.3 is 7.82 Å². The maximum absolute atomic E-state index is 13.0. The van der Waals surface area contributed by atoms with Gasteiger partial charge in [0.15, 0.2) is 0 Å². The van der Waals surface area contributed by atoms with E-state index in [4.69, 9.17) is 9.05 Å². The third-order valence-corrected chi connectivity index (χ3v) is 12.9. The smallest absolute Gasteiger partial charge is 0.393 e. The normalized spacial score (nSPS) is 23.4. The van der Waals surface area contributed by atoms with E-state index in [1.165, 1.54) is 141 Å². The number of hydrogen-bond acceptors (Lipinski definition) is 11. The Morgan fingerprint density at radius 1 is 0.583 bits per heavy atom. The number of carbonyl (C=O) groups excluding carboxylic acids is 1. The van der Waals surface area contributed by atoms with Crippen LogP contribution in [0.3, 0.4) is 0 Å². The van der Waals surface area contributed by atoms with Crippen molar-refractivity contribution in [3.8, 4) is 0 Å². The van der Waals surface area contributed by atoms with Crippen LogP contribution in [0.5, 0.6) is 0 Å². The Hall–Kier alpha value is -0.960. The van der Waals surface area contributed by atoms with Crippen LogP contribution in [-0.2, 0) is 18.4 Å². The third-order valence-electron chi connectivity index (χ3n) is 11.9. The molecule has 356 valence electrons. The summed E-state index contributed by atoms with van der Waals surface area (Å²) < 4.78 is 22.9. The van der Waals surface area contributed by atoms with Gasteiger partial charge in [-0.05, 0) is 19.3 Å². The zero-order chi connectivity index (χ0) is 44.4. The van der Waals surface area contributed by atoms with Crippen LogP contribution in [0, 0.1) is 0 Å². The highest BCUT2D eigenvalue weighted by Gasteiger charge is 2.51. The molecule has 60 heavy (non-hydrogen) atoms. The highest BCUT2D eigenvalue weighted by Crippen LogP contribution is 2.47. The van der Waals surface area contributed by atoms with Crippen molar-refractivity contribution < 1.29 is 59.0 Å². The predicted molar refractivity (Wildman–Crippen MR) is 238 cm³/mol. The molecule has 0 aromatic heterocycles. The van der Waals surface area contributed by atoms with E-state index in [9.17, 15) is 50.0 Å². The third kappa shape index (κ3) is 28.0. The van der Waals surface area contributed by atoms with E-state index in [2.05, 4.69) is 19.2 Å². The predicted octanol–water partition coefficient (Wildman–Crippen LogP) is 8.20. The van der Waals surface area contributed by atoms with Crippen LogP contribution in [0.2, 0.25) is 0 Å². The molecule has 9 N–H and O–H groups in total. The van der Waals surface area contributed by atoms with E-state index in [-0.39, 0.29) is 6.42 Å². The molecule has 0 radical (unpaired) electrons. The summed E-state index contributed by atoms with van der Waals surface area (Å²) in [6.07, 6.45) is 24.4. The van der Waals surface area contributed by atoms with Gasteiger partial charge in [0.05, 0.1) is 31.3 Å². The van der Waals surface area contributed by atoms with Gasteiger partial charge < -0.3 is 46.0 Å². The van der Waals surface area contributed by atoms with Gasteiger partial charge in [0.2, 0.25) is 5.91 Å². The maximum atomic E-state index is 13.0. The minimum Gasteiger partial charge on any atom is -0.393 e. The lowest BCUT2D eigenvalue weighted by Crippen LogP contribution is -2.64. The minimum absolute atomic E-state index is 0.240. The number of allylic oxidation sites excluding steroid dienone is 1. The summed E-state index contributed by atoms with van der Waals surface area (Å²) in [5.74, 6) is -0.590. The van der Waals surface area contributed by atoms with Crippen LogP contribution in [0.4, 0.5) is 0 Å². The fourth-order valence-electron chi connectivity index (χ4n) is 7.89. The monoisotopic (exact) mass is 880 g/mol. The van der Waals surface area contributed by atoms with Crippen LogP contribution in [0.25, 0.3) is 0 Å². The molecule has 1 saturated carbocycles. The molecule has 0 aliphatic heterocycles. The molecule has 0 bridgehead atoms. The summed E-state index contributed by atoms with van der Waals surface area (Å²) in [5.41, 5.74) is 0. The summed E-state index contributed by atoms with van der Waals surface area (Å²) in [6.45, 7) is 3.75. The van der Waals surface area contributed by atoms with E-state index in [1.807, 2.05) is 0 Å². The molecule has 1 fully saturated rings. The van der Waals surface area contributed by atoms with Crippen LogP contribution in [-0.4, -0.2) is 108 Å². The maximum Gasteiger partial charge on any atom is 0.472 e. The van der Waals surface area contributed by atoms with Crippen LogP contribution in [0.1, 0.15) is 213 Å². The van der Waals surface area contributed by atoms with Crippen molar-refractivity contribution in [2.24, 2.45) is 0 Å². The summed E-state index contributed by atoms with van der Waals surface area (Å²) >= 11 is 0. The van der Waals surface area contributed by atoms with Crippen LogP contribution in [0.15, 0.2) is 12.2 Å². The number of carbonyl (C=O) groups is 1. The molecular weight excluding hydrogens is 789 g/mol. The first-order valence-electron chi connectivity index (χ1n) is 24.2. The number of rotatable bonds is 40. The number of hydrogen-bond donors (Lipinski definition) is 9. The Morgan fingerprint density at radius 3 is 1.37 bits per heavy atom. The summed E-state index contributed by atoms with van der Waals surface area (Å²) in [7, 11) is -5.14. The van der Waals surface area contributed by atoms with Gasteiger partial charge in [0.25, 0.3) is 0 Å². The van der Waals surface area contributed by atoms with Crippen molar-refractivity contribution in [1.29, 1.82) is 0 Å². The van der Waals surface area contributed by atoms with E-state index < -0.39 is 75.2 Å². The molecule has 1 rings (SSSR count). The Bertz CT molecular complexity index is 1090. The Labute approximate surface area is 363 Å². The van der Waals surface area contributed by atoms with Gasteiger partial charge in [0.1, 0.15) is 36.6 Å². The first-order valence-corrected chi connectivity index (χ1v) is 25.7. The summed E-state index contributed by atoms with van der Waals surface area (Å²) in [5, 5.41) is 74.5. The molecule has 1 amide bonds. The number of phosphoric ester groups is 1. The van der Waals surface area contributed by atoms with E-state index in [0.717, 1.165) is 44.9 Å².